The molecule has 7 nitrogen and oxygen atoms in total. The van der Waals surface area contributed by atoms with Crippen LogP contribution in [-0.4, -0.2) is 73.0 Å². The van der Waals surface area contributed by atoms with Crippen LogP contribution in [-0.2, 0) is 14.3 Å². The fourth-order valence-electron chi connectivity index (χ4n) is 4.38. The maximum atomic E-state index is 13.0. The van der Waals surface area contributed by atoms with Gasteiger partial charge in [-0.2, -0.15) is 0 Å². The molecule has 0 radical (unpaired) electrons. The molecule has 0 unspecified atom stereocenters. The first-order chi connectivity index (χ1) is 13.6. The van der Waals surface area contributed by atoms with Gasteiger partial charge in [0.25, 0.3) is 0 Å². The van der Waals surface area contributed by atoms with E-state index in [0.717, 1.165) is 65.0 Å². The van der Waals surface area contributed by atoms with E-state index >= 15 is 0 Å². The van der Waals surface area contributed by atoms with Crippen molar-refractivity contribution in [3.05, 3.63) is 11.6 Å². The van der Waals surface area contributed by atoms with E-state index in [9.17, 15) is 9.59 Å². The van der Waals surface area contributed by atoms with Crippen LogP contribution in [0.25, 0.3) is 0 Å². The van der Waals surface area contributed by atoms with Crippen molar-refractivity contribution in [3.8, 4) is 0 Å². The Balaban J connectivity index is 1.54. The van der Waals surface area contributed by atoms with Crippen molar-refractivity contribution in [2.75, 3.05) is 51.8 Å². The highest BCUT2D eigenvalue weighted by molar-refractivity contribution is 7.13. The van der Waals surface area contributed by atoms with Crippen LogP contribution >= 0.6 is 11.3 Å². The smallest absolute Gasteiger partial charge is 0.226 e. The maximum Gasteiger partial charge on any atom is 0.226 e. The molecule has 1 N–H and O–H groups in total. The zero-order valence-corrected chi connectivity index (χ0v) is 17.6. The predicted octanol–water partition coefficient (Wildman–Crippen LogP) is 2.60. The van der Waals surface area contributed by atoms with Gasteiger partial charge in [-0.1, -0.05) is 19.3 Å². The SMILES string of the molecule is COCCN1CCN(C(=O)CC2(CC(=O)Nc3nccs3)CCCCC2)CC1. The second-order valence-corrected chi connectivity index (χ2v) is 8.91. The van der Waals surface area contributed by atoms with Gasteiger partial charge < -0.3 is 15.0 Å². The van der Waals surface area contributed by atoms with Gasteiger partial charge >= 0.3 is 0 Å². The average molecular weight is 409 g/mol. The van der Waals surface area contributed by atoms with Crippen LogP contribution in [0.5, 0.6) is 0 Å². The van der Waals surface area contributed by atoms with Crippen molar-refractivity contribution in [3.63, 3.8) is 0 Å². The number of hydrogen-bond acceptors (Lipinski definition) is 6. The molecule has 3 rings (SSSR count). The standard InChI is InChI=1S/C20H32N4O3S/c1-27-13-12-23-8-10-24(11-9-23)18(26)16-20(5-3-2-4-6-20)15-17(25)22-19-21-7-14-28-19/h7,14H,2-6,8-13,15-16H2,1H3,(H,21,22,25). The van der Waals surface area contributed by atoms with Crippen molar-refractivity contribution in [1.29, 1.82) is 0 Å². The molecule has 1 aromatic heterocycles. The number of thiazole rings is 1. The van der Waals surface area contributed by atoms with E-state index in [4.69, 9.17) is 4.74 Å². The molecular formula is C20H32N4O3S. The van der Waals surface area contributed by atoms with Gasteiger partial charge in [-0.3, -0.25) is 14.5 Å². The minimum atomic E-state index is -0.205. The minimum absolute atomic E-state index is 0.0194. The van der Waals surface area contributed by atoms with E-state index in [-0.39, 0.29) is 17.2 Å². The van der Waals surface area contributed by atoms with Crippen molar-refractivity contribution < 1.29 is 14.3 Å². The van der Waals surface area contributed by atoms with Crippen LogP contribution in [0.4, 0.5) is 5.13 Å². The number of rotatable bonds is 8. The summed E-state index contributed by atoms with van der Waals surface area (Å²) in [6, 6.07) is 0. The molecule has 8 heteroatoms. The molecule has 0 bridgehead atoms. The second-order valence-electron chi connectivity index (χ2n) is 8.01. The summed E-state index contributed by atoms with van der Waals surface area (Å²) in [7, 11) is 1.72. The number of methoxy groups -OCH3 is 1. The molecule has 1 aliphatic heterocycles. The predicted molar refractivity (Wildman–Crippen MR) is 110 cm³/mol. The van der Waals surface area contributed by atoms with Gasteiger partial charge in [0.1, 0.15) is 0 Å². The fourth-order valence-corrected chi connectivity index (χ4v) is 4.93. The highest BCUT2D eigenvalue weighted by Crippen LogP contribution is 2.43. The zero-order valence-electron chi connectivity index (χ0n) is 16.8. The average Bonchev–Trinajstić information content (AvgIpc) is 3.20. The molecule has 0 aromatic carbocycles. The van der Waals surface area contributed by atoms with E-state index in [1.807, 2.05) is 10.3 Å². The molecule has 28 heavy (non-hydrogen) atoms. The van der Waals surface area contributed by atoms with Gasteiger partial charge in [0, 0.05) is 64.3 Å². The highest BCUT2D eigenvalue weighted by Gasteiger charge is 2.38. The third-order valence-corrected chi connectivity index (χ3v) is 6.68. The minimum Gasteiger partial charge on any atom is -0.383 e. The second kappa shape index (κ2) is 10.3. The van der Waals surface area contributed by atoms with Crippen molar-refractivity contribution in [2.24, 2.45) is 5.41 Å². The Labute approximate surface area is 171 Å². The third kappa shape index (κ3) is 5.99. The van der Waals surface area contributed by atoms with E-state index in [0.29, 0.717) is 18.0 Å². The van der Waals surface area contributed by atoms with Crippen LogP contribution in [0.1, 0.15) is 44.9 Å². The molecule has 1 aliphatic carbocycles. The summed E-state index contributed by atoms with van der Waals surface area (Å²) in [5.41, 5.74) is -0.205. The van der Waals surface area contributed by atoms with Gasteiger partial charge in [0.2, 0.25) is 11.8 Å². The number of piperazine rings is 1. The van der Waals surface area contributed by atoms with Crippen molar-refractivity contribution >= 4 is 28.3 Å². The molecule has 2 aliphatic rings. The molecule has 2 heterocycles. The molecule has 1 saturated heterocycles. The number of aromatic nitrogens is 1. The Morgan fingerprint density at radius 2 is 1.93 bits per heavy atom. The number of carbonyl (C=O) groups is 2. The number of carbonyl (C=O) groups excluding carboxylic acids is 2. The van der Waals surface area contributed by atoms with Crippen molar-refractivity contribution in [1.82, 2.24) is 14.8 Å². The summed E-state index contributed by atoms with van der Waals surface area (Å²) in [5, 5.41) is 5.38. The largest absolute Gasteiger partial charge is 0.383 e. The highest BCUT2D eigenvalue weighted by atomic mass is 32.1. The Morgan fingerprint density at radius 1 is 1.18 bits per heavy atom. The van der Waals surface area contributed by atoms with E-state index in [1.54, 1.807) is 13.3 Å². The lowest BCUT2D eigenvalue weighted by Crippen LogP contribution is -2.50. The quantitative estimate of drug-likeness (QED) is 0.716. The van der Waals surface area contributed by atoms with Crippen LogP contribution in [0.2, 0.25) is 0 Å². The van der Waals surface area contributed by atoms with E-state index in [1.165, 1.54) is 17.8 Å². The van der Waals surface area contributed by atoms with E-state index < -0.39 is 0 Å². The summed E-state index contributed by atoms with van der Waals surface area (Å²) in [4.78, 5) is 34.1. The Morgan fingerprint density at radius 3 is 2.57 bits per heavy atom. The normalized spacial score (nSPS) is 20.1. The summed E-state index contributed by atoms with van der Waals surface area (Å²) < 4.78 is 5.14. The number of nitrogens with zero attached hydrogens (tertiary/aromatic N) is 3. The van der Waals surface area contributed by atoms with Crippen LogP contribution in [0.3, 0.4) is 0 Å². The number of hydrogen-bond donors (Lipinski definition) is 1. The van der Waals surface area contributed by atoms with Crippen molar-refractivity contribution in [2.45, 2.75) is 44.9 Å². The number of ether oxygens (including phenoxy) is 1. The van der Waals surface area contributed by atoms with Gasteiger partial charge in [0.15, 0.2) is 5.13 Å². The summed E-state index contributed by atoms with van der Waals surface area (Å²) in [5.74, 6) is 0.185. The molecule has 156 valence electrons. The van der Waals surface area contributed by atoms with Crippen LogP contribution in [0.15, 0.2) is 11.6 Å². The first-order valence-corrected chi connectivity index (χ1v) is 11.2. The molecular weight excluding hydrogens is 376 g/mol. The molecule has 0 atom stereocenters. The monoisotopic (exact) mass is 408 g/mol. The lowest BCUT2D eigenvalue weighted by Gasteiger charge is -2.40. The molecule has 2 fully saturated rings. The lowest BCUT2D eigenvalue weighted by atomic mass is 9.69. The third-order valence-electron chi connectivity index (χ3n) is 5.99. The number of amides is 2. The maximum absolute atomic E-state index is 13.0. The fraction of sp³-hybridized carbons (Fsp3) is 0.750. The summed E-state index contributed by atoms with van der Waals surface area (Å²) in [6.07, 6.45) is 7.89. The molecule has 2 amide bonds. The summed E-state index contributed by atoms with van der Waals surface area (Å²) >= 11 is 1.42. The zero-order chi connectivity index (χ0) is 19.8. The Bertz CT molecular complexity index is 623. The number of nitrogens with one attached hydrogen (secondary N) is 1. The molecule has 1 saturated carbocycles. The molecule has 1 aromatic rings. The lowest BCUT2D eigenvalue weighted by molar-refractivity contribution is -0.137. The first-order valence-electron chi connectivity index (χ1n) is 10.3. The number of anilines is 1. The van der Waals surface area contributed by atoms with E-state index in [2.05, 4.69) is 15.2 Å². The Hall–Kier alpha value is -1.51. The van der Waals surface area contributed by atoms with Gasteiger partial charge in [-0.25, -0.2) is 4.98 Å². The topological polar surface area (TPSA) is 74.8 Å². The Kier molecular flexibility index (Phi) is 7.82. The first kappa shape index (κ1) is 21.2. The van der Waals surface area contributed by atoms with Gasteiger partial charge in [0.05, 0.1) is 6.61 Å². The molecule has 0 spiro atoms. The summed E-state index contributed by atoms with van der Waals surface area (Å²) in [6.45, 7) is 4.97. The van der Waals surface area contributed by atoms with Gasteiger partial charge in [-0.15, -0.1) is 11.3 Å². The van der Waals surface area contributed by atoms with Gasteiger partial charge in [-0.05, 0) is 18.3 Å². The van der Waals surface area contributed by atoms with Crippen LogP contribution in [0, 0.1) is 5.41 Å². The van der Waals surface area contributed by atoms with Crippen LogP contribution < -0.4 is 5.32 Å².